The van der Waals surface area contributed by atoms with Crippen molar-refractivity contribution in [1.82, 2.24) is 0 Å². The van der Waals surface area contributed by atoms with Crippen LogP contribution in [0.3, 0.4) is 0 Å². The standard InChI is InChI=1S/C15H21NO/c1-5-13-8-7-9-14(6-2)15(13)16-11(3)10-12(4)17/h7-10,16H,5-6H2,1-4H3/b11-10-. The van der Waals surface area contributed by atoms with Gasteiger partial charge in [-0.25, -0.2) is 0 Å². The van der Waals surface area contributed by atoms with E-state index in [0.717, 1.165) is 24.2 Å². The van der Waals surface area contributed by atoms with Crippen molar-refractivity contribution in [1.29, 1.82) is 0 Å². The van der Waals surface area contributed by atoms with Crippen LogP contribution in [0.25, 0.3) is 0 Å². The minimum absolute atomic E-state index is 0.0713. The van der Waals surface area contributed by atoms with E-state index in [1.54, 1.807) is 13.0 Å². The van der Waals surface area contributed by atoms with Gasteiger partial charge in [0.05, 0.1) is 0 Å². The second-order valence-corrected chi connectivity index (χ2v) is 4.22. The number of carbonyl (C=O) groups is 1. The van der Waals surface area contributed by atoms with E-state index < -0.39 is 0 Å². The molecule has 0 saturated carbocycles. The van der Waals surface area contributed by atoms with Crippen LogP contribution in [0.1, 0.15) is 38.8 Å². The lowest BCUT2D eigenvalue weighted by atomic mass is 10.0. The average Bonchev–Trinajstić information content (AvgIpc) is 2.28. The fraction of sp³-hybridized carbons (Fsp3) is 0.400. The normalized spacial score (nSPS) is 11.4. The Morgan fingerprint density at radius 1 is 1.18 bits per heavy atom. The lowest BCUT2D eigenvalue weighted by molar-refractivity contribution is -0.112. The molecule has 2 nitrogen and oxygen atoms in total. The Hall–Kier alpha value is -1.57. The van der Waals surface area contributed by atoms with E-state index in [4.69, 9.17) is 0 Å². The predicted octanol–water partition coefficient (Wildman–Crippen LogP) is 3.72. The predicted molar refractivity (Wildman–Crippen MR) is 73.3 cm³/mol. The fourth-order valence-corrected chi connectivity index (χ4v) is 1.94. The highest BCUT2D eigenvalue weighted by molar-refractivity contribution is 5.88. The molecule has 1 aromatic carbocycles. The number of carbonyl (C=O) groups excluding carboxylic acids is 1. The Morgan fingerprint density at radius 3 is 2.12 bits per heavy atom. The van der Waals surface area contributed by atoms with E-state index in [1.807, 2.05) is 6.92 Å². The quantitative estimate of drug-likeness (QED) is 0.783. The number of benzene rings is 1. The Balaban J connectivity index is 3.07. The first-order chi connectivity index (χ1) is 8.08. The lowest BCUT2D eigenvalue weighted by Gasteiger charge is -2.15. The average molecular weight is 231 g/mol. The third kappa shape index (κ3) is 3.74. The summed E-state index contributed by atoms with van der Waals surface area (Å²) in [6.07, 6.45) is 3.61. The molecule has 0 aliphatic rings. The lowest BCUT2D eigenvalue weighted by Crippen LogP contribution is -2.04. The molecule has 0 saturated heterocycles. The Bertz CT molecular complexity index is 410. The van der Waals surface area contributed by atoms with Crippen molar-refractivity contribution in [3.05, 3.63) is 41.1 Å². The molecule has 17 heavy (non-hydrogen) atoms. The summed E-state index contributed by atoms with van der Waals surface area (Å²) in [7, 11) is 0. The van der Waals surface area contributed by atoms with Gasteiger partial charge < -0.3 is 5.32 Å². The summed E-state index contributed by atoms with van der Waals surface area (Å²) in [6, 6.07) is 6.35. The van der Waals surface area contributed by atoms with Gasteiger partial charge in [-0.3, -0.25) is 4.79 Å². The molecular weight excluding hydrogens is 210 g/mol. The van der Waals surface area contributed by atoms with Gasteiger partial charge in [0, 0.05) is 11.4 Å². The Labute approximate surface area is 104 Å². The number of allylic oxidation sites excluding steroid dienone is 2. The van der Waals surface area contributed by atoms with Crippen molar-refractivity contribution < 1.29 is 4.79 Å². The molecule has 0 heterocycles. The summed E-state index contributed by atoms with van der Waals surface area (Å²) < 4.78 is 0. The third-order valence-electron chi connectivity index (χ3n) is 2.74. The van der Waals surface area contributed by atoms with Gasteiger partial charge in [0.15, 0.2) is 5.78 Å². The molecule has 0 fully saturated rings. The maximum Gasteiger partial charge on any atom is 0.154 e. The maximum atomic E-state index is 11.0. The van der Waals surface area contributed by atoms with Crippen molar-refractivity contribution in [2.24, 2.45) is 0 Å². The van der Waals surface area contributed by atoms with Gasteiger partial charge in [-0.2, -0.15) is 0 Å². The van der Waals surface area contributed by atoms with Crippen LogP contribution in [-0.4, -0.2) is 5.78 Å². The summed E-state index contributed by atoms with van der Waals surface area (Å²) in [6.45, 7) is 7.78. The molecule has 0 atom stereocenters. The SMILES string of the molecule is CCc1cccc(CC)c1N/C(C)=C\C(C)=O. The first-order valence-corrected chi connectivity index (χ1v) is 6.15. The monoisotopic (exact) mass is 231 g/mol. The molecule has 1 N–H and O–H groups in total. The number of anilines is 1. The number of aryl methyl sites for hydroxylation is 2. The molecular formula is C15H21NO. The molecule has 0 radical (unpaired) electrons. The minimum Gasteiger partial charge on any atom is -0.359 e. The molecule has 0 spiro atoms. The number of nitrogens with one attached hydrogen (secondary N) is 1. The van der Waals surface area contributed by atoms with Gasteiger partial charge in [0.25, 0.3) is 0 Å². The highest BCUT2D eigenvalue weighted by Crippen LogP contribution is 2.23. The molecule has 0 bridgehead atoms. The van der Waals surface area contributed by atoms with Crippen molar-refractivity contribution in [2.75, 3.05) is 5.32 Å². The van der Waals surface area contributed by atoms with Gasteiger partial charge in [0.1, 0.15) is 0 Å². The summed E-state index contributed by atoms with van der Waals surface area (Å²) in [5.74, 6) is 0.0713. The van der Waals surface area contributed by atoms with Crippen LogP contribution in [-0.2, 0) is 17.6 Å². The van der Waals surface area contributed by atoms with Crippen LogP contribution in [0.15, 0.2) is 30.0 Å². The van der Waals surface area contributed by atoms with Crippen LogP contribution in [0, 0.1) is 0 Å². The number of rotatable bonds is 5. The van der Waals surface area contributed by atoms with Crippen molar-refractivity contribution in [3.8, 4) is 0 Å². The van der Waals surface area contributed by atoms with E-state index in [9.17, 15) is 4.79 Å². The summed E-state index contributed by atoms with van der Waals surface area (Å²) in [4.78, 5) is 11.0. The number of ketones is 1. The molecule has 0 aromatic heterocycles. The smallest absolute Gasteiger partial charge is 0.154 e. The largest absolute Gasteiger partial charge is 0.359 e. The first kappa shape index (κ1) is 13.5. The number of hydrogen-bond donors (Lipinski definition) is 1. The topological polar surface area (TPSA) is 29.1 Å². The van der Waals surface area contributed by atoms with Crippen molar-refractivity contribution >= 4 is 11.5 Å². The van der Waals surface area contributed by atoms with Crippen molar-refractivity contribution in [2.45, 2.75) is 40.5 Å². The fourth-order valence-electron chi connectivity index (χ4n) is 1.94. The maximum absolute atomic E-state index is 11.0. The molecule has 92 valence electrons. The van der Waals surface area contributed by atoms with Crippen LogP contribution in [0.2, 0.25) is 0 Å². The Kier molecular flexibility index (Phi) is 4.95. The third-order valence-corrected chi connectivity index (χ3v) is 2.74. The van der Waals surface area contributed by atoms with Gasteiger partial charge in [-0.15, -0.1) is 0 Å². The van der Waals surface area contributed by atoms with Crippen LogP contribution in [0.4, 0.5) is 5.69 Å². The van der Waals surface area contributed by atoms with Crippen molar-refractivity contribution in [3.63, 3.8) is 0 Å². The number of hydrogen-bond acceptors (Lipinski definition) is 2. The highest BCUT2D eigenvalue weighted by atomic mass is 16.1. The van der Waals surface area contributed by atoms with E-state index in [1.165, 1.54) is 11.1 Å². The van der Waals surface area contributed by atoms with Crippen LogP contribution >= 0.6 is 0 Å². The van der Waals surface area contributed by atoms with Gasteiger partial charge in [-0.05, 0) is 43.9 Å². The number of para-hydroxylation sites is 1. The summed E-state index contributed by atoms with van der Waals surface area (Å²) in [5, 5.41) is 3.35. The molecule has 0 amide bonds. The zero-order valence-electron chi connectivity index (χ0n) is 11.1. The van der Waals surface area contributed by atoms with Gasteiger partial charge in [-0.1, -0.05) is 32.0 Å². The second-order valence-electron chi connectivity index (χ2n) is 4.22. The van der Waals surface area contributed by atoms with E-state index in [-0.39, 0.29) is 5.78 Å². The van der Waals surface area contributed by atoms with Crippen LogP contribution in [0.5, 0.6) is 0 Å². The summed E-state index contributed by atoms with van der Waals surface area (Å²) >= 11 is 0. The molecule has 0 aliphatic heterocycles. The van der Waals surface area contributed by atoms with E-state index >= 15 is 0 Å². The zero-order valence-corrected chi connectivity index (χ0v) is 11.1. The van der Waals surface area contributed by atoms with Gasteiger partial charge in [0.2, 0.25) is 0 Å². The van der Waals surface area contributed by atoms with Crippen LogP contribution < -0.4 is 5.32 Å². The molecule has 1 aromatic rings. The summed E-state index contributed by atoms with van der Waals surface area (Å²) in [5.41, 5.74) is 4.64. The second kappa shape index (κ2) is 6.24. The molecule has 0 aliphatic carbocycles. The molecule has 0 unspecified atom stereocenters. The molecule has 2 heteroatoms. The minimum atomic E-state index is 0.0713. The van der Waals surface area contributed by atoms with E-state index in [0.29, 0.717) is 0 Å². The van der Waals surface area contributed by atoms with E-state index in [2.05, 4.69) is 37.4 Å². The van der Waals surface area contributed by atoms with Gasteiger partial charge >= 0.3 is 0 Å². The Morgan fingerprint density at radius 2 is 1.71 bits per heavy atom. The highest BCUT2D eigenvalue weighted by Gasteiger charge is 2.06. The first-order valence-electron chi connectivity index (χ1n) is 6.15. The molecule has 1 rings (SSSR count). The zero-order chi connectivity index (χ0) is 12.8.